The van der Waals surface area contributed by atoms with Crippen LogP contribution in [0.2, 0.25) is 0 Å². The first-order valence-corrected chi connectivity index (χ1v) is 20.9. The molecular formula is C31H54N3O11PS2. The van der Waals surface area contributed by atoms with E-state index < -0.39 is 56.6 Å². The van der Waals surface area contributed by atoms with Crippen molar-refractivity contribution in [2.24, 2.45) is 0 Å². The predicted molar refractivity (Wildman–Crippen MR) is 186 cm³/mol. The van der Waals surface area contributed by atoms with Gasteiger partial charge in [-0.15, -0.1) is 0 Å². The lowest BCUT2D eigenvalue weighted by Crippen LogP contribution is -2.41. The molecule has 0 aromatic carbocycles. The van der Waals surface area contributed by atoms with Gasteiger partial charge < -0.3 is 19.1 Å². The van der Waals surface area contributed by atoms with Crippen LogP contribution in [0.4, 0.5) is 5.82 Å². The van der Waals surface area contributed by atoms with Crippen molar-refractivity contribution in [3.8, 4) is 0 Å². The lowest BCUT2D eigenvalue weighted by atomic mass is 10.0. The molecule has 0 bridgehead atoms. The number of carbonyl (C=O) groups is 2. The Balaban J connectivity index is 1.66. The summed E-state index contributed by atoms with van der Waals surface area (Å²) in [4.78, 5) is 50.1. The summed E-state index contributed by atoms with van der Waals surface area (Å²) in [5.41, 5.74) is 0.867. The van der Waals surface area contributed by atoms with E-state index in [-0.39, 0.29) is 12.4 Å². The number of hydrogen-bond donors (Lipinski definition) is 3. The van der Waals surface area contributed by atoms with Gasteiger partial charge in [0, 0.05) is 31.6 Å². The SMILES string of the molecule is CCCCCCCCCCCCCCCCSSCCOP(=O)(O)OCC1OC(n2ccc(NO)nc2=O)[C@H](OC(C)=O)[C@@H]1OC(C)=O. The first kappa shape index (κ1) is 42.5. The number of hydrogen-bond acceptors (Lipinski definition) is 14. The fourth-order valence-corrected chi connectivity index (χ4v) is 8.08. The van der Waals surface area contributed by atoms with Crippen LogP contribution in [-0.2, 0) is 37.4 Å². The zero-order valence-electron chi connectivity index (χ0n) is 28.4. The molecule has 1 aromatic rings. The maximum atomic E-state index is 12.6. The van der Waals surface area contributed by atoms with Gasteiger partial charge in [-0.3, -0.25) is 33.9 Å². The molecule has 1 aromatic heterocycles. The van der Waals surface area contributed by atoms with E-state index in [0.29, 0.717) is 5.75 Å². The van der Waals surface area contributed by atoms with Gasteiger partial charge in [-0.05, 0) is 12.5 Å². The number of anilines is 1. The molecule has 0 aliphatic carbocycles. The van der Waals surface area contributed by atoms with Crippen LogP contribution in [0.1, 0.15) is 117 Å². The minimum Gasteiger partial charge on any atom is -0.456 e. The minimum absolute atomic E-state index is 0.0336. The second kappa shape index (κ2) is 24.5. The van der Waals surface area contributed by atoms with Gasteiger partial charge in [0.25, 0.3) is 0 Å². The Labute approximate surface area is 291 Å². The van der Waals surface area contributed by atoms with E-state index in [1.165, 1.54) is 95.7 Å². The highest BCUT2D eigenvalue weighted by atomic mass is 33.1. The summed E-state index contributed by atoms with van der Waals surface area (Å²) in [6.45, 7) is 3.88. The molecule has 1 aliphatic heterocycles. The molecule has 2 heterocycles. The second-order valence-electron chi connectivity index (χ2n) is 11.7. The number of carbonyl (C=O) groups excluding carboxylic acids is 2. The van der Waals surface area contributed by atoms with Crippen LogP contribution in [0, 0.1) is 0 Å². The quantitative estimate of drug-likeness (QED) is 0.0281. The van der Waals surface area contributed by atoms with E-state index in [0.717, 1.165) is 30.6 Å². The summed E-state index contributed by atoms with van der Waals surface area (Å²) < 4.78 is 40.2. The average Bonchev–Trinajstić information content (AvgIpc) is 3.36. The van der Waals surface area contributed by atoms with Crippen LogP contribution >= 0.6 is 29.4 Å². The number of ether oxygens (including phenoxy) is 3. The molecule has 0 radical (unpaired) electrons. The number of nitrogens with one attached hydrogen (secondary N) is 1. The molecule has 3 unspecified atom stereocenters. The Hall–Kier alpha value is -1.65. The smallest absolute Gasteiger partial charge is 0.456 e. The number of rotatable bonds is 27. The van der Waals surface area contributed by atoms with Crippen molar-refractivity contribution in [3.63, 3.8) is 0 Å². The maximum absolute atomic E-state index is 12.6. The van der Waals surface area contributed by atoms with Gasteiger partial charge in [-0.25, -0.2) is 9.36 Å². The van der Waals surface area contributed by atoms with E-state index >= 15 is 0 Å². The van der Waals surface area contributed by atoms with Crippen LogP contribution in [0.25, 0.3) is 0 Å². The number of esters is 2. The van der Waals surface area contributed by atoms with Crippen molar-refractivity contribution < 1.29 is 47.5 Å². The molecule has 14 nitrogen and oxygen atoms in total. The zero-order valence-corrected chi connectivity index (χ0v) is 30.9. The molecule has 1 saturated heterocycles. The minimum atomic E-state index is -4.53. The molecule has 1 aliphatic rings. The van der Waals surface area contributed by atoms with E-state index in [1.807, 2.05) is 0 Å². The van der Waals surface area contributed by atoms with Crippen LogP contribution in [0.15, 0.2) is 17.1 Å². The summed E-state index contributed by atoms with van der Waals surface area (Å²) in [6.07, 6.45) is 14.5. The molecule has 0 spiro atoms. The summed E-state index contributed by atoms with van der Waals surface area (Å²) in [5.74, 6) is -0.172. The van der Waals surface area contributed by atoms with Gasteiger partial charge in [-0.1, -0.05) is 112 Å². The van der Waals surface area contributed by atoms with E-state index in [2.05, 4.69) is 11.9 Å². The van der Waals surface area contributed by atoms with Crippen molar-refractivity contribution in [1.29, 1.82) is 0 Å². The third-order valence-corrected chi connectivity index (χ3v) is 11.0. The Morgan fingerprint density at radius 3 is 1.98 bits per heavy atom. The first-order chi connectivity index (χ1) is 23.1. The van der Waals surface area contributed by atoms with Gasteiger partial charge in [0.2, 0.25) is 0 Å². The van der Waals surface area contributed by atoms with Crippen molar-refractivity contribution in [1.82, 2.24) is 9.55 Å². The Kier molecular flexibility index (Phi) is 21.7. The van der Waals surface area contributed by atoms with Gasteiger partial charge >= 0.3 is 25.5 Å². The van der Waals surface area contributed by atoms with Crippen molar-refractivity contribution in [2.45, 2.75) is 135 Å². The standard InChI is InChI=1S/C31H54N3O11PS2/c1-4-5-6-7-8-9-10-11-12-13-14-15-16-17-21-47-48-22-20-41-46(39,40)42-23-26-28(43-24(2)35)29(44-25(3)36)30(45-26)34-19-18-27(33-38)32-31(34)37/h18-19,26,28-30,38H,4-17,20-23H2,1-3H3,(H,39,40)(H,32,33,37)/t26?,28-,29-,30?/m1/s1. The third-order valence-electron chi connectivity index (χ3n) is 7.60. The normalized spacial score (nSPS) is 20.4. The van der Waals surface area contributed by atoms with Gasteiger partial charge in [0.05, 0.1) is 13.2 Å². The largest absolute Gasteiger partial charge is 0.472 e. The third kappa shape index (κ3) is 17.3. The molecule has 17 heteroatoms. The van der Waals surface area contributed by atoms with Crippen LogP contribution in [0.5, 0.6) is 0 Å². The van der Waals surface area contributed by atoms with Crippen molar-refractivity contribution in [3.05, 3.63) is 22.7 Å². The predicted octanol–water partition coefficient (Wildman–Crippen LogP) is 6.80. The topological polar surface area (TPSA) is 185 Å². The maximum Gasteiger partial charge on any atom is 0.472 e. The second-order valence-corrected chi connectivity index (χ2v) is 15.8. The number of phosphoric ester groups is 1. The molecule has 1 fully saturated rings. The fourth-order valence-electron chi connectivity index (χ4n) is 5.25. The molecule has 0 saturated carbocycles. The van der Waals surface area contributed by atoms with Crippen molar-refractivity contribution >= 4 is 47.2 Å². The highest BCUT2D eigenvalue weighted by Gasteiger charge is 2.51. The zero-order chi connectivity index (χ0) is 35.2. The molecule has 276 valence electrons. The number of nitrogens with zero attached hydrogens (tertiary/aromatic N) is 2. The van der Waals surface area contributed by atoms with Gasteiger partial charge in [-0.2, -0.15) is 4.98 Å². The Bertz CT molecular complexity index is 1180. The molecule has 3 N–H and O–H groups in total. The summed E-state index contributed by atoms with van der Waals surface area (Å²) >= 11 is 0. The Morgan fingerprint density at radius 2 is 1.44 bits per heavy atom. The summed E-state index contributed by atoms with van der Waals surface area (Å²) in [6, 6.07) is 1.26. The van der Waals surface area contributed by atoms with E-state index in [9.17, 15) is 23.8 Å². The summed E-state index contributed by atoms with van der Waals surface area (Å²) in [5, 5.41) is 9.02. The molecule has 5 atom stereocenters. The lowest BCUT2D eigenvalue weighted by Gasteiger charge is -2.24. The fraction of sp³-hybridized carbons (Fsp3) is 0.806. The van der Waals surface area contributed by atoms with E-state index in [4.69, 9.17) is 28.5 Å². The molecular weight excluding hydrogens is 685 g/mol. The highest BCUT2D eigenvalue weighted by Crippen LogP contribution is 2.45. The summed E-state index contributed by atoms with van der Waals surface area (Å²) in [7, 11) is -1.27. The van der Waals surface area contributed by atoms with Crippen molar-refractivity contribution in [2.75, 3.05) is 30.2 Å². The lowest BCUT2D eigenvalue weighted by molar-refractivity contribution is -0.165. The van der Waals surface area contributed by atoms with Crippen LogP contribution in [0.3, 0.4) is 0 Å². The van der Waals surface area contributed by atoms with Crippen LogP contribution < -0.4 is 11.2 Å². The number of aromatic nitrogens is 2. The Morgan fingerprint density at radius 1 is 0.896 bits per heavy atom. The molecule has 2 rings (SSSR count). The highest BCUT2D eigenvalue weighted by molar-refractivity contribution is 8.76. The molecule has 48 heavy (non-hydrogen) atoms. The average molecular weight is 740 g/mol. The number of phosphoric acid groups is 1. The van der Waals surface area contributed by atoms with Crippen LogP contribution in [-0.4, -0.2) is 74.6 Å². The van der Waals surface area contributed by atoms with Gasteiger partial charge in [0.15, 0.2) is 24.3 Å². The van der Waals surface area contributed by atoms with Gasteiger partial charge in [0.1, 0.15) is 6.10 Å². The van der Waals surface area contributed by atoms with E-state index in [1.54, 1.807) is 27.1 Å². The number of unbranched alkanes of at least 4 members (excludes halogenated alkanes) is 13. The monoisotopic (exact) mass is 739 g/mol. The first-order valence-electron chi connectivity index (χ1n) is 16.9. The molecule has 0 amide bonds.